The number of hydrogen-bond acceptors (Lipinski definition) is 1. The van der Waals surface area contributed by atoms with Gasteiger partial charge in [-0.25, -0.2) is 4.39 Å². The fourth-order valence-electron chi connectivity index (χ4n) is 0.860. The normalized spacial score (nSPS) is 11.1. The van der Waals surface area contributed by atoms with E-state index in [0.717, 1.165) is 6.07 Å². The summed E-state index contributed by atoms with van der Waals surface area (Å²) in [6.45, 7) is 0. The molecule has 0 aliphatic carbocycles. The predicted octanol–water partition coefficient (Wildman–Crippen LogP) is 3.32. The first-order valence-corrected chi connectivity index (χ1v) is 4.40. The molecule has 0 fully saturated rings. The molecule has 0 heterocycles. The lowest BCUT2D eigenvalue weighted by atomic mass is 10.1. The smallest absolute Gasteiger partial charge is 0.205 e. The Morgan fingerprint density at radius 3 is 2.29 bits per heavy atom. The first kappa shape index (κ1) is 11.2. The molecule has 74 valence electrons. The first-order valence-electron chi connectivity index (χ1n) is 3.32. The van der Waals surface area contributed by atoms with Crippen molar-refractivity contribution in [1.29, 1.82) is 5.26 Å². The summed E-state index contributed by atoms with van der Waals surface area (Å²) in [6, 6.07) is 3.09. The Morgan fingerprint density at radius 2 is 1.86 bits per heavy atom. The molecule has 0 spiro atoms. The Labute approximate surface area is 90.5 Å². The van der Waals surface area contributed by atoms with E-state index in [4.69, 9.17) is 5.26 Å². The number of rotatable bonds is 0. The van der Waals surface area contributed by atoms with Crippen molar-refractivity contribution >= 4 is 22.6 Å². The highest BCUT2D eigenvalue weighted by Crippen LogP contribution is 2.33. The second-order valence-electron chi connectivity index (χ2n) is 2.43. The van der Waals surface area contributed by atoms with Crippen LogP contribution in [0.1, 0.15) is 11.1 Å². The standard InChI is InChI=1S/C8H2F4IN/c9-7-5(8(10,11)12)1-4(3-14)2-6(7)13/h1-2H. The first-order chi connectivity index (χ1) is 6.36. The van der Waals surface area contributed by atoms with E-state index in [-0.39, 0.29) is 9.13 Å². The fourth-order valence-corrected chi connectivity index (χ4v) is 1.49. The molecule has 0 radical (unpaired) electrons. The number of nitriles is 1. The van der Waals surface area contributed by atoms with E-state index in [2.05, 4.69) is 0 Å². The number of halogens is 5. The molecule has 0 saturated carbocycles. The van der Waals surface area contributed by atoms with Gasteiger partial charge in [-0.1, -0.05) is 0 Å². The van der Waals surface area contributed by atoms with Crippen molar-refractivity contribution in [3.8, 4) is 6.07 Å². The van der Waals surface area contributed by atoms with Gasteiger partial charge < -0.3 is 0 Å². The summed E-state index contributed by atoms with van der Waals surface area (Å²) >= 11 is 1.41. The van der Waals surface area contributed by atoms with Gasteiger partial charge >= 0.3 is 6.18 Å². The number of hydrogen-bond donors (Lipinski definition) is 0. The van der Waals surface area contributed by atoms with Crippen LogP contribution in [-0.4, -0.2) is 0 Å². The summed E-state index contributed by atoms with van der Waals surface area (Å²) in [5, 5.41) is 8.40. The van der Waals surface area contributed by atoms with Crippen LogP contribution in [0.15, 0.2) is 12.1 Å². The van der Waals surface area contributed by atoms with Gasteiger partial charge in [-0.3, -0.25) is 0 Å². The third kappa shape index (κ3) is 2.15. The minimum absolute atomic E-state index is 0.205. The zero-order valence-corrected chi connectivity index (χ0v) is 8.65. The van der Waals surface area contributed by atoms with E-state index in [1.165, 1.54) is 28.7 Å². The highest BCUT2D eigenvalue weighted by molar-refractivity contribution is 14.1. The quantitative estimate of drug-likeness (QED) is 0.532. The van der Waals surface area contributed by atoms with Gasteiger partial charge in [0.25, 0.3) is 0 Å². The molecule has 1 aromatic carbocycles. The van der Waals surface area contributed by atoms with Gasteiger partial charge in [0.05, 0.1) is 20.8 Å². The Bertz CT molecular complexity index is 405. The lowest BCUT2D eigenvalue weighted by molar-refractivity contribution is -0.140. The van der Waals surface area contributed by atoms with Crippen molar-refractivity contribution in [2.45, 2.75) is 6.18 Å². The van der Waals surface area contributed by atoms with Crippen LogP contribution >= 0.6 is 22.6 Å². The lowest BCUT2D eigenvalue weighted by Gasteiger charge is -2.08. The topological polar surface area (TPSA) is 23.8 Å². The van der Waals surface area contributed by atoms with E-state index in [9.17, 15) is 17.6 Å². The van der Waals surface area contributed by atoms with Gasteiger partial charge in [-0.05, 0) is 34.7 Å². The SMILES string of the molecule is N#Cc1cc(I)c(F)c(C(F)(F)F)c1. The van der Waals surface area contributed by atoms with Crippen LogP contribution in [0, 0.1) is 20.7 Å². The predicted molar refractivity (Wildman–Crippen MR) is 48.8 cm³/mol. The second kappa shape index (κ2) is 3.73. The van der Waals surface area contributed by atoms with Gasteiger partial charge in [-0.15, -0.1) is 0 Å². The zero-order chi connectivity index (χ0) is 10.9. The van der Waals surface area contributed by atoms with E-state index < -0.39 is 17.6 Å². The van der Waals surface area contributed by atoms with E-state index in [1.54, 1.807) is 0 Å². The maximum atomic E-state index is 13.0. The van der Waals surface area contributed by atoms with Crippen LogP contribution in [0.25, 0.3) is 0 Å². The van der Waals surface area contributed by atoms with Crippen molar-refractivity contribution in [2.75, 3.05) is 0 Å². The van der Waals surface area contributed by atoms with Crippen molar-refractivity contribution in [2.24, 2.45) is 0 Å². The molecule has 1 rings (SSSR count). The molecule has 0 amide bonds. The van der Waals surface area contributed by atoms with Crippen LogP contribution < -0.4 is 0 Å². The van der Waals surface area contributed by atoms with Crippen molar-refractivity contribution in [3.63, 3.8) is 0 Å². The molecule has 14 heavy (non-hydrogen) atoms. The minimum Gasteiger partial charge on any atom is -0.205 e. The monoisotopic (exact) mass is 315 g/mol. The molecule has 0 saturated heterocycles. The number of benzene rings is 1. The molecule has 0 unspecified atom stereocenters. The van der Waals surface area contributed by atoms with E-state index in [0.29, 0.717) is 6.07 Å². The minimum atomic E-state index is -4.77. The Morgan fingerprint density at radius 1 is 1.29 bits per heavy atom. The second-order valence-corrected chi connectivity index (χ2v) is 3.59. The summed E-state index contributed by atoms with van der Waals surface area (Å²) in [6.07, 6.45) is -4.77. The van der Waals surface area contributed by atoms with Gasteiger partial charge in [0.1, 0.15) is 5.82 Å². The highest BCUT2D eigenvalue weighted by atomic mass is 127. The molecule has 0 aliphatic heterocycles. The number of nitrogens with zero attached hydrogens (tertiary/aromatic N) is 1. The summed E-state index contributed by atoms with van der Waals surface area (Å²) < 4.78 is 49.3. The molecule has 0 bridgehead atoms. The third-order valence-corrected chi connectivity index (χ3v) is 2.25. The molecule has 0 atom stereocenters. The van der Waals surface area contributed by atoms with Crippen LogP contribution in [0.3, 0.4) is 0 Å². The van der Waals surface area contributed by atoms with Gasteiger partial charge in [0.2, 0.25) is 0 Å². The fraction of sp³-hybridized carbons (Fsp3) is 0.125. The third-order valence-electron chi connectivity index (χ3n) is 1.46. The van der Waals surface area contributed by atoms with E-state index in [1.807, 2.05) is 0 Å². The maximum Gasteiger partial charge on any atom is 0.419 e. The van der Waals surface area contributed by atoms with Crippen LogP contribution in [-0.2, 0) is 6.18 Å². The lowest BCUT2D eigenvalue weighted by Crippen LogP contribution is -2.09. The van der Waals surface area contributed by atoms with Crippen molar-refractivity contribution in [1.82, 2.24) is 0 Å². The van der Waals surface area contributed by atoms with Gasteiger partial charge in [-0.2, -0.15) is 18.4 Å². The van der Waals surface area contributed by atoms with Crippen LogP contribution in [0.2, 0.25) is 0 Å². The molecular weight excluding hydrogens is 313 g/mol. The van der Waals surface area contributed by atoms with Crippen LogP contribution in [0.5, 0.6) is 0 Å². The van der Waals surface area contributed by atoms with Gasteiger partial charge in [0.15, 0.2) is 0 Å². The van der Waals surface area contributed by atoms with E-state index >= 15 is 0 Å². The Kier molecular flexibility index (Phi) is 2.99. The summed E-state index contributed by atoms with van der Waals surface area (Å²) in [7, 11) is 0. The summed E-state index contributed by atoms with van der Waals surface area (Å²) in [5.74, 6) is -1.34. The molecule has 0 aromatic heterocycles. The number of alkyl halides is 3. The molecular formula is C8H2F4IN. The average molecular weight is 315 g/mol. The summed E-state index contributed by atoms with van der Waals surface area (Å²) in [4.78, 5) is 0. The largest absolute Gasteiger partial charge is 0.419 e. The average Bonchev–Trinajstić information content (AvgIpc) is 2.07. The van der Waals surface area contributed by atoms with Crippen LogP contribution in [0.4, 0.5) is 17.6 Å². The zero-order valence-electron chi connectivity index (χ0n) is 6.49. The molecule has 1 nitrogen and oxygen atoms in total. The molecule has 0 N–H and O–H groups in total. The Balaban J connectivity index is 3.44. The molecule has 1 aromatic rings. The van der Waals surface area contributed by atoms with Crippen molar-refractivity contribution < 1.29 is 17.6 Å². The molecule has 0 aliphatic rings. The van der Waals surface area contributed by atoms with Crippen molar-refractivity contribution in [3.05, 3.63) is 32.6 Å². The van der Waals surface area contributed by atoms with Gasteiger partial charge in [0, 0.05) is 0 Å². The Hall–Kier alpha value is -0.840. The maximum absolute atomic E-state index is 13.0. The summed E-state index contributed by atoms with van der Waals surface area (Å²) in [5.41, 5.74) is -1.61. The highest BCUT2D eigenvalue weighted by Gasteiger charge is 2.35. The molecule has 6 heteroatoms.